The SMILES string of the molecule is CC(NC(=O)[C@H](C)N(c1ccccc1)[C@H](Cc1ccccc1)C(=O)O)C(=O)O. The van der Waals surface area contributed by atoms with Gasteiger partial charge in [0.15, 0.2) is 0 Å². The lowest BCUT2D eigenvalue weighted by Gasteiger charge is -2.36. The van der Waals surface area contributed by atoms with Crippen LogP contribution in [0.4, 0.5) is 5.69 Å². The second-order valence-corrected chi connectivity index (χ2v) is 6.53. The van der Waals surface area contributed by atoms with Crippen molar-refractivity contribution in [1.29, 1.82) is 0 Å². The molecule has 0 fully saturated rings. The van der Waals surface area contributed by atoms with Gasteiger partial charge in [0.25, 0.3) is 0 Å². The van der Waals surface area contributed by atoms with Crippen LogP contribution in [-0.4, -0.2) is 46.2 Å². The average molecular weight is 384 g/mol. The van der Waals surface area contributed by atoms with Gasteiger partial charge in [-0.05, 0) is 31.5 Å². The predicted octanol–water partition coefficient (Wildman–Crippen LogP) is 2.17. The molecule has 1 unspecified atom stereocenters. The molecule has 2 aromatic rings. The third-order valence-electron chi connectivity index (χ3n) is 4.47. The Hall–Kier alpha value is -3.35. The molecule has 3 atom stereocenters. The molecule has 28 heavy (non-hydrogen) atoms. The molecule has 3 N–H and O–H groups in total. The number of nitrogens with one attached hydrogen (secondary N) is 1. The Morgan fingerprint density at radius 3 is 1.93 bits per heavy atom. The lowest BCUT2D eigenvalue weighted by molar-refractivity contribution is -0.142. The van der Waals surface area contributed by atoms with Crippen LogP contribution in [0.15, 0.2) is 60.7 Å². The monoisotopic (exact) mass is 384 g/mol. The molecule has 0 saturated carbocycles. The van der Waals surface area contributed by atoms with Gasteiger partial charge in [0, 0.05) is 12.1 Å². The number of carbonyl (C=O) groups is 3. The standard InChI is InChI=1S/C21H24N2O5/c1-14(20(25)26)22-19(24)15(2)23(17-11-7-4-8-12-17)18(21(27)28)13-16-9-5-3-6-10-16/h3-12,14-15,18H,13H2,1-2H3,(H,22,24)(H,25,26)(H,27,28)/t14?,15-,18+/m0/s1. The summed E-state index contributed by atoms with van der Waals surface area (Å²) in [4.78, 5) is 37.3. The normalized spacial score (nSPS) is 13.8. The molecule has 0 bridgehead atoms. The number of hydrogen-bond acceptors (Lipinski definition) is 4. The van der Waals surface area contributed by atoms with Gasteiger partial charge in [-0.15, -0.1) is 0 Å². The Bertz CT molecular complexity index is 810. The lowest BCUT2D eigenvalue weighted by Crippen LogP contribution is -2.55. The second kappa shape index (κ2) is 9.55. The first kappa shape index (κ1) is 21.0. The molecule has 1 amide bonds. The number of amides is 1. The lowest BCUT2D eigenvalue weighted by atomic mass is 10.0. The van der Waals surface area contributed by atoms with Crippen LogP contribution in [0.1, 0.15) is 19.4 Å². The van der Waals surface area contributed by atoms with Crippen LogP contribution in [0, 0.1) is 0 Å². The number of hydrogen-bond donors (Lipinski definition) is 3. The second-order valence-electron chi connectivity index (χ2n) is 6.53. The molecule has 0 radical (unpaired) electrons. The number of benzene rings is 2. The summed E-state index contributed by atoms with van der Waals surface area (Å²) in [5.74, 6) is -2.79. The summed E-state index contributed by atoms with van der Waals surface area (Å²) in [6.07, 6.45) is 0.192. The van der Waals surface area contributed by atoms with E-state index in [2.05, 4.69) is 5.32 Å². The van der Waals surface area contributed by atoms with Crippen LogP contribution in [0.2, 0.25) is 0 Å². The van der Waals surface area contributed by atoms with Gasteiger partial charge in [0.05, 0.1) is 0 Å². The van der Waals surface area contributed by atoms with E-state index in [1.54, 1.807) is 37.3 Å². The maximum atomic E-state index is 12.6. The molecule has 0 saturated heterocycles. The minimum Gasteiger partial charge on any atom is -0.480 e. The smallest absolute Gasteiger partial charge is 0.326 e. The fourth-order valence-corrected chi connectivity index (χ4v) is 2.94. The van der Waals surface area contributed by atoms with Crippen molar-refractivity contribution in [3.8, 4) is 0 Å². The zero-order valence-corrected chi connectivity index (χ0v) is 15.8. The van der Waals surface area contributed by atoms with E-state index in [4.69, 9.17) is 5.11 Å². The molecule has 0 aliphatic rings. The van der Waals surface area contributed by atoms with E-state index in [-0.39, 0.29) is 6.42 Å². The maximum Gasteiger partial charge on any atom is 0.326 e. The van der Waals surface area contributed by atoms with Crippen molar-refractivity contribution in [3.63, 3.8) is 0 Å². The van der Waals surface area contributed by atoms with Crippen molar-refractivity contribution in [2.24, 2.45) is 0 Å². The minimum absolute atomic E-state index is 0.192. The van der Waals surface area contributed by atoms with Crippen LogP contribution < -0.4 is 10.2 Å². The van der Waals surface area contributed by atoms with Crippen LogP contribution in [0.25, 0.3) is 0 Å². The van der Waals surface area contributed by atoms with Gasteiger partial charge in [-0.3, -0.25) is 9.59 Å². The number of para-hydroxylation sites is 1. The molecule has 2 rings (SSSR count). The van der Waals surface area contributed by atoms with Crippen molar-refractivity contribution in [2.75, 3.05) is 4.90 Å². The first-order chi connectivity index (χ1) is 13.3. The molecular weight excluding hydrogens is 360 g/mol. The molecule has 0 aliphatic carbocycles. The van der Waals surface area contributed by atoms with E-state index >= 15 is 0 Å². The summed E-state index contributed by atoms with van der Waals surface area (Å²) >= 11 is 0. The highest BCUT2D eigenvalue weighted by atomic mass is 16.4. The topological polar surface area (TPSA) is 107 Å². The van der Waals surface area contributed by atoms with Crippen molar-refractivity contribution in [2.45, 2.75) is 38.4 Å². The molecule has 7 nitrogen and oxygen atoms in total. The molecule has 2 aromatic carbocycles. The molecule has 7 heteroatoms. The molecule has 0 aromatic heterocycles. The van der Waals surface area contributed by atoms with E-state index in [1.807, 2.05) is 30.3 Å². The van der Waals surface area contributed by atoms with Crippen LogP contribution >= 0.6 is 0 Å². The highest BCUT2D eigenvalue weighted by Crippen LogP contribution is 2.23. The molecule has 0 heterocycles. The third-order valence-corrected chi connectivity index (χ3v) is 4.47. The van der Waals surface area contributed by atoms with Gasteiger partial charge in [-0.25, -0.2) is 4.79 Å². The van der Waals surface area contributed by atoms with Crippen molar-refractivity contribution < 1.29 is 24.6 Å². The van der Waals surface area contributed by atoms with Gasteiger partial charge in [0.2, 0.25) is 5.91 Å². The highest BCUT2D eigenvalue weighted by Gasteiger charge is 2.34. The number of carbonyl (C=O) groups excluding carboxylic acids is 1. The first-order valence-electron chi connectivity index (χ1n) is 8.94. The Morgan fingerprint density at radius 1 is 0.893 bits per heavy atom. The Balaban J connectivity index is 2.38. The average Bonchev–Trinajstić information content (AvgIpc) is 2.68. The molecular formula is C21H24N2O5. The van der Waals surface area contributed by atoms with Crippen molar-refractivity contribution in [1.82, 2.24) is 5.32 Å². The fourth-order valence-electron chi connectivity index (χ4n) is 2.94. The quantitative estimate of drug-likeness (QED) is 0.612. The zero-order valence-electron chi connectivity index (χ0n) is 15.8. The summed E-state index contributed by atoms with van der Waals surface area (Å²) in [5, 5.41) is 21.4. The Morgan fingerprint density at radius 2 is 1.43 bits per heavy atom. The van der Waals surface area contributed by atoms with Gasteiger partial charge in [-0.1, -0.05) is 48.5 Å². The Labute approximate surface area is 163 Å². The van der Waals surface area contributed by atoms with E-state index in [9.17, 15) is 19.5 Å². The van der Waals surface area contributed by atoms with Crippen molar-refractivity contribution >= 4 is 23.5 Å². The largest absolute Gasteiger partial charge is 0.480 e. The molecule has 0 aliphatic heterocycles. The maximum absolute atomic E-state index is 12.6. The van der Waals surface area contributed by atoms with E-state index in [0.717, 1.165) is 5.56 Å². The number of anilines is 1. The molecule has 148 valence electrons. The minimum atomic E-state index is -1.16. The number of nitrogens with zero attached hydrogens (tertiary/aromatic N) is 1. The van der Waals surface area contributed by atoms with Gasteiger partial charge in [-0.2, -0.15) is 0 Å². The first-order valence-corrected chi connectivity index (χ1v) is 8.94. The number of carboxylic acids is 2. The summed E-state index contributed by atoms with van der Waals surface area (Å²) in [6.45, 7) is 2.93. The number of rotatable bonds is 9. The van der Waals surface area contributed by atoms with Crippen molar-refractivity contribution in [3.05, 3.63) is 66.2 Å². The molecule has 0 spiro atoms. The third kappa shape index (κ3) is 5.33. The zero-order chi connectivity index (χ0) is 20.7. The summed E-state index contributed by atoms with van der Waals surface area (Å²) < 4.78 is 0. The summed E-state index contributed by atoms with van der Waals surface area (Å²) in [5.41, 5.74) is 1.39. The summed E-state index contributed by atoms with van der Waals surface area (Å²) in [6, 6.07) is 14.9. The van der Waals surface area contributed by atoms with Crippen LogP contribution in [0.5, 0.6) is 0 Å². The van der Waals surface area contributed by atoms with E-state index in [0.29, 0.717) is 5.69 Å². The highest BCUT2D eigenvalue weighted by molar-refractivity contribution is 5.91. The van der Waals surface area contributed by atoms with E-state index < -0.39 is 36.0 Å². The van der Waals surface area contributed by atoms with Gasteiger partial charge >= 0.3 is 11.9 Å². The van der Waals surface area contributed by atoms with Gasteiger partial charge in [0.1, 0.15) is 18.1 Å². The van der Waals surface area contributed by atoms with E-state index in [1.165, 1.54) is 11.8 Å². The Kier molecular flexibility index (Phi) is 7.14. The number of carboxylic acid groups (broad SMARTS) is 2. The summed E-state index contributed by atoms with van der Waals surface area (Å²) in [7, 11) is 0. The van der Waals surface area contributed by atoms with Crippen LogP contribution in [0.3, 0.4) is 0 Å². The predicted molar refractivity (Wildman–Crippen MR) is 105 cm³/mol. The fraction of sp³-hybridized carbons (Fsp3) is 0.286. The van der Waals surface area contributed by atoms with Crippen LogP contribution in [-0.2, 0) is 20.8 Å². The van der Waals surface area contributed by atoms with Gasteiger partial charge < -0.3 is 20.4 Å². The number of aliphatic carboxylic acids is 2.